The van der Waals surface area contributed by atoms with Crippen molar-refractivity contribution in [2.24, 2.45) is 5.92 Å². The minimum absolute atomic E-state index is 0.0336. The number of fused-ring (bicyclic) bond motifs is 1. The molecule has 8 nitrogen and oxygen atoms in total. The molecule has 0 aliphatic carbocycles. The predicted molar refractivity (Wildman–Crippen MR) is 108 cm³/mol. The molecule has 0 spiro atoms. The molecule has 3 heterocycles. The van der Waals surface area contributed by atoms with E-state index in [0.717, 1.165) is 31.7 Å². The monoisotopic (exact) mass is 407 g/mol. The number of hydrogen-bond donors (Lipinski definition) is 1. The van der Waals surface area contributed by atoms with Gasteiger partial charge in [-0.3, -0.25) is 14.3 Å². The summed E-state index contributed by atoms with van der Waals surface area (Å²) in [7, 11) is 0. The average molecular weight is 407 g/mol. The molecule has 8 heteroatoms. The van der Waals surface area contributed by atoms with Gasteiger partial charge < -0.3 is 15.0 Å². The second-order valence-electron chi connectivity index (χ2n) is 7.86. The van der Waals surface area contributed by atoms with Crippen molar-refractivity contribution in [3.8, 4) is 6.07 Å². The average Bonchev–Trinajstić information content (AvgIpc) is 3.27. The lowest BCUT2D eigenvalue weighted by Gasteiger charge is -2.34. The highest BCUT2D eigenvalue weighted by Gasteiger charge is 2.30. The standard InChI is InChI=1S/C22H25N5O3/c23-12-17-2-1-3-18(10-17)22(29)26-14-19-4-7-25-27(19)20(15-26)11-21(28)24-13-16-5-8-30-9-6-16/h1-4,7,10,16,20H,5-6,8-9,11,13-15H2,(H,24,28). The number of ether oxygens (including phenoxy) is 1. The van der Waals surface area contributed by atoms with Crippen molar-refractivity contribution >= 4 is 11.8 Å². The zero-order valence-corrected chi connectivity index (χ0v) is 16.8. The van der Waals surface area contributed by atoms with Crippen LogP contribution in [0.15, 0.2) is 36.5 Å². The highest BCUT2D eigenvalue weighted by molar-refractivity contribution is 5.94. The summed E-state index contributed by atoms with van der Waals surface area (Å²) < 4.78 is 7.21. The topological polar surface area (TPSA) is 100 Å². The maximum atomic E-state index is 13.0. The van der Waals surface area contributed by atoms with E-state index < -0.39 is 0 Å². The third-order valence-corrected chi connectivity index (χ3v) is 5.76. The van der Waals surface area contributed by atoms with Crippen LogP contribution in [-0.4, -0.2) is 52.8 Å². The normalized spacial score (nSPS) is 19.0. The molecule has 2 aromatic rings. The summed E-state index contributed by atoms with van der Waals surface area (Å²) in [5, 5.41) is 16.5. The van der Waals surface area contributed by atoms with E-state index in [2.05, 4.69) is 16.5 Å². The van der Waals surface area contributed by atoms with Gasteiger partial charge in [-0.2, -0.15) is 10.4 Å². The molecule has 1 aromatic heterocycles. The lowest BCUT2D eigenvalue weighted by molar-refractivity contribution is -0.122. The zero-order chi connectivity index (χ0) is 20.9. The molecule has 2 amide bonds. The molecule has 1 atom stereocenters. The van der Waals surface area contributed by atoms with Crippen LogP contribution in [0.3, 0.4) is 0 Å². The Morgan fingerprint density at radius 2 is 2.10 bits per heavy atom. The van der Waals surface area contributed by atoms with Gasteiger partial charge in [0, 0.05) is 38.1 Å². The number of aromatic nitrogens is 2. The molecule has 2 aliphatic heterocycles. The van der Waals surface area contributed by atoms with Crippen molar-refractivity contribution < 1.29 is 14.3 Å². The third-order valence-electron chi connectivity index (χ3n) is 5.76. The fourth-order valence-corrected chi connectivity index (χ4v) is 4.09. The summed E-state index contributed by atoms with van der Waals surface area (Å²) >= 11 is 0. The summed E-state index contributed by atoms with van der Waals surface area (Å²) in [6, 6.07) is 10.4. The second-order valence-corrected chi connectivity index (χ2v) is 7.86. The molecule has 1 saturated heterocycles. The first-order chi connectivity index (χ1) is 14.6. The largest absolute Gasteiger partial charge is 0.381 e. The van der Waals surface area contributed by atoms with E-state index in [0.29, 0.717) is 36.7 Å². The molecule has 1 aromatic carbocycles. The highest BCUT2D eigenvalue weighted by Crippen LogP contribution is 2.25. The SMILES string of the molecule is N#Cc1cccc(C(=O)N2Cc3ccnn3C(CC(=O)NCC3CCOCC3)C2)c1. The quantitative estimate of drug-likeness (QED) is 0.816. The van der Waals surface area contributed by atoms with Crippen LogP contribution in [0.1, 0.15) is 46.9 Å². The number of nitrogens with zero attached hydrogens (tertiary/aromatic N) is 4. The summed E-state index contributed by atoms with van der Waals surface area (Å²) in [6.07, 6.45) is 3.90. The molecule has 1 fully saturated rings. The van der Waals surface area contributed by atoms with Crippen LogP contribution >= 0.6 is 0 Å². The summed E-state index contributed by atoms with van der Waals surface area (Å²) in [5.41, 5.74) is 1.82. The Bertz CT molecular complexity index is 958. The molecule has 0 saturated carbocycles. The number of carbonyl (C=O) groups is 2. The van der Waals surface area contributed by atoms with E-state index in [-0.39, 0.29) is 24.3 Å². The Balaban J connectivity index is 1.42. The molecule has 1 N–H and O–H groups in total. The van der Waals surface area contributed by atoms with Crippen molar-refractivity contribution in [3.05, 3.63) is 53.3 Å². The third kappa shape index (κ3) is 4.52. The van der Waals surface area contributed by atoms with E-state index in [1.54, 1.807) is 35.4 Å². The summed E-state index contributed by atoms with van der Waals surface area (Å²) in [5.74, 6) is 0.278. The van der Waals surface area contributed by atoms with E-state index in [1.165, 1.54) is 0 Å². The van der Waals surface area contributed by atoms with Gasteiger partial charge in [-0.1, -0.05) is 6.07 Å². The van der Waals surface area contributed by atoms with Gasteiger partial charge in [0.25, 0.3) is 5.91 Å². The lowest BCUT2D eigenvalue weighted by atomic mass is 10.0. The van der Waals surface area contributed by atoms with E-state index >= 15 is 0 Å². The number of rotatable bonds is 5. The van der Waals surface area contributed by atoms with Gasteiger partial charge >= 0.3 is 0 Å². The minimum atomic E-state index is -0.221. The Kier molecular flexibility index (Phi) is 6.10. The van der Waals surface area contributed by atoms with Gasteiger partial charge in [0.1, 0.15) is 0 Å². The molecule has 30 heavy (non-hydrogen) atoms. The Hall–Kier alpha value is -3.18. The van der Waals surface area contributed by atoms with Crippen LogP contribution in [0.5, 0.6) is 0 Å². The Morgan fingerprint density at radius 1 is 1.27 bits per heavy atom. The molecule has 0 radical (unpaired) electrons. The van der Waals surface area contributed by atoms with E-state index in [1.807, 2.05) is 10.7 Å². The van der Waals surface area contributed by atoms with Crippen molar-refractivity contribution in [2.75, 3.05) is 26.3 Å². The van der Waals surface area contributed by atoms with Crippen LogP contribution in [0.25, 0.3) is 0 Å². The fourth-order valence-electron chi connectivity index (χ4n) is 4.09. The molecule has 156 valence electrons. The second kappa shape index (κ2) is 9.09. The van der Waals surface area contributed by atoms with E-state index in [4.69, 9.17) is 10.00 Å². The Morgan fingerprint density at radius 3 is 2.90 bits per heavy atom. The maximum absolute atomic E-state index is 13.0. The molecule has 0 bridgehead atoms. The van der Waals surface area contributed by atoms with Gasteiger partial charge in [0.2, 0.25) is 5.91 Å². The minimum Gasteiger partial charge on any atom is -0.381 e. The predicted octanol–water partition coefficient (Wildman–Crippen LogP) is 1.88. The van der Waals surface area contributed by atoms with Crippen LogP contribution in [0, 0.1) is 17.2 Å². The maximum Gasteiger partial charge on any atom is 0.254 e. The van der Waals surface area contributed by atoms with Crippen molar-refractivity contribution in [1.29, 1.82) is 5.26 Å². The molecule has 1 unspecified atom stereocenters. The number of amides is 2. The first-order valence-electron chi connectivity index (χ1n) is 10.3. The fraction of sp³-hybridized carbons (Fsp3) is 0.455. The highest BCUT2D eigenvalue weighted by atomic mass is 16.5. The van der Waals surface area contributed by atoms with Gasteiger partial charge in [0.05, 0.1) is 36.3 Å². The molecule has 2 aliphatic rings. The van der Waals surface area contributed by atoms with Crippen LogP contribution in [0.4, 0.5) is 0 Å². The summed E-state index contributed by atoms with van der Waals surface area (Å²) in [4.78, 5) is 27.4. The molecular weight excluding hydrogens is 382 g/mol. The number of nitriles is 1. The smallest absolute Gasteiger partial charge is 0.254 e. The Labute approximate surface area is 175 Å². The van der Waals surface area contributed by atoms with Crippen molar-refractivity contribution in [2.45, 2.75) is 31.8 Å². The summed E-state index contributed by atoms with van der Waals surface area (Å²) in [6.45, 7) is 2.99. The van der Waals surface area contributed by atoms with Crippen LogP contribution < -0.4 is 5.32 Å². The zero-order valence-electron chi connectivity index (χ0n) is 16.8. The number of nitrogens with one attached hydrogen (secondary N) is 1. The molecular formula is C22H25N5O3. The van der Waals surface area contributed by atoms with E-state index in [9.17, 15) is 9.59 Å². The molecule has 4 rings (SSSR count). The number of benzene rings is 1. The first kappa shape index (κ1) is 20.1. The first-order valence-corrected chi connectivity index (χ1v) is 10.3. The lowest BCUT2D eigenvalue weighted by Crippen LogP contribution is -2.43. The van der Waals surface area contributed by atoms with Crippen LogP contribution in [0.2, 0.25) is 0 Å². The van der Waals surface area contributed by atoms with Crippen molar-refractivity contribution in [3.63, 3.8) is 0 Å². The van der Waals surface area contributed by atoms with Crippen LogP contribution in [-0.2, 0) is 16.1 Å². The van der Waals surface area contributed by atoms with Gasteiger partial charge in [-0.05, 0) is 43.0 Å². The van der Waals surface area contributed by atoms with Gasteiger partial charge in [-0.15, -0.1) is 0 Å². The number of hydrogen-bond acceptors (Lipinski definition) is 5. The van der Waals surface area contributed by atoms with Crippen molar-refractivity contribution in [1.82, 2.24) is 20.0 Å². The van der Waals surface area contributed by atoms with Gasteiger partial charge in [-0.25, -0.2) is 0 Å². The van der Waals surface area contributed by atoms with Gasteiger partial charge in [0.15, 0.2) is 0 Å². The number of carbonyl (C=O) groups excluding carboxylic acids is 2.